The molecule has 0 aliphatic carbocycles. The molecule has 3 rings (SSSR count). The molecule has 1 aromatic heterocycles. The fraction of sp³-hybridized carbons (Fsp3) is 0.500. The largest absolute Gasteiger partial charge is 0.359 e. The standard InChI is InChI=1S/C18H24ClN3O2S2/c1-13(2)12-26(23,24)22-9-7-14(8-10-22)20-18-21-17(11-25-18)15-5-3-4-6-16(15)19/h3-6,11,13-14H,7-10,12H2,1-2H3,(H,20,21). The van der Waals surface area contributed by atoms with Crippen LogP contribution in [0.25, 0.3) is 11.3 Å². The minimum absolute atomic E-state index is 0.148. The number of aromatic nitrogens is 1. The molecule has 1 aliphatic heterocycles. The number of nitrogens with zero attached hydrogens (tertiary/aromatic N) is 2. The molecule has 0 atom stereocenters. The molecule has 0 bridgehead atoms. The topological polar surface area (TPSA) is 62.3 Å². The van der Waals surface area contributed by atoms with Gasteiger partial charge in [0.2, 0.25) is 10.0 Å². The van der Waals surface area contributed by atoms with Crippen molar-refractivity contribution in [3.05, 3.63) is 34.7 Å². The monoisotopic (exact) mass is 413 g/mol. The van der Waals surface area contributed by atoms with Crippen LogP contribution in [0.5, 0.6) is 0 Å². The van der Waals surface area contributed by atoms with E-state index in [4.69, 9.17) is 11.6 Å². The van der Waals surface area contributed by atoms with Crippen LogP contribution in [0.15, 0.2) is 29.6 Å². The number of nitrogens with one attached hydrogen (secondary N) is 1. The Morgan fingerprint density at radius 1 is 1.31 bits per heavy atom. The molecule has 1 saturated heterocycles. The Labute approximate surface area is 164 Å². The highest BCUT2D eigenvalue weighted by atomic mass is 35.5. The average Bonchev–Trinajstić information content (AvgIpc) is 3.03. The van der Waals surface area contributed by atoms with Crippen molar-refractivity contribution >= 4 is 38.1 Å². The van der Waals surface area contributed by atoms with Crippen molar-refractivity contribution in [2.75, 3.05) is 24.2 Å². The van der Waals surface area contributed by atoms with Gasteiger partial charge in [-0.25, -0.2) is 17.7 Å². The second kappa shape index (κ2) is 8.25. The first-order chi connectivity index (χ1) is 12.3. The molecule has 0 spiro atoms. The lowest BCUT2D eigenvalue weighted by Crippen LogP contribution is -2.43. The van der Waals surface area contributed by atoms with Crippen LogP contribution in [0.4, 0.5) is 5.13 Å². The third-order valence-corrected chi connectivity index (χ3v) is 7.72. The quantitative estimate of drug-likeness (QED) is 0.765. The molecule has 1 fully saturated rings. The maximum atomic E-state index is 12.3. The summed E-state index contributed by atoms with van der Waals surface area (Å²) in [7, 11) is -3.14. The van der Waals surface area contributed by atoms with Gasteiger partial charge in [0.25, 0.3) is 0 Å². The molecular weight excluding hydrogens is 390 g/mol. The Morgan fingerprint density at radius 3 is 2.65 bits per heavy atom. The van der Waals surface area contributed by atoms with E-state index in [9.17, 15) is 8.42 Å². The van der Waals surface area contributed by atoms with Crippen LogP contribution in [0.1, 0.15) is 26.7 Å². The van der Waals surface area contributed by atoms with Gasteiger partial charge in [-0.05, 0) is 24.8 Å². The maximum Gasteiger partial charge on any atom is 0.214 e. The van der Waals surface area contributed by atoms with E-state index in [0.29, 0.717) is 18.1 Å². The Morgan fingerprint density at radius 2 is 2.00 bits per heavy atom. The number of anilines is 1. The minimum Gasteiger partial charge on any atom is -0.359 e. The molecule has 142 valence electrons. The van der Waals surface area contributed by atoms with E-state index in [0.717, 1.165) is 29.2 Å². The lowest BCUT2D eigenvalue weighted by atomic mass is 10.1. The van der Waals surface area contributed by atoms with Crippen LogP contribution >= 0.6 is 22.9 Å². The zero-order valence-corrected chi connectivity index (χ0v) is 17.4. The van der Waals surface area contributed by atoms with Crippen LogP contribution in [-0.4, -0.2) is 42.6 Å². The average molecular weight is 414 g/mol. The van der Waals surface area contributed by atoms with Crippen molar-refractivity contribution in [1.29, 1.82) is 0 Å². The second-order valence-electron chi connectivity index (χ2n) is 7.01. The van der Waals surface area contributed by atoms with E-state index in [1.165, 1.54) is 0 Å². The second-order valence-corrected chi connectivity index (χ2v) is 10.3. The fourth-order valence-electron chi connectivity index (χ4n) is 3.11. The van der Waals surface area contributed by atoms with Gasteiger partial charge >= 0.3 is 0 Å². The predicted molar refractivity (Wildman–Crippen MR) is 109 cm³/mol. The van der Waals surface area contributed by atoms with Crippen LogP contribution in [0, 0.1) is 5.92 Å². The van der Waals surface area contributed by atoms with Crippen molar-refractivity contribution in [3.8, 4) is 11.3 Å². The summed E-state index contributed by atoms with van der Waals surface area (Å²) < 4.78 is 26.3. The summed E-state index contributed by atoms with van der Waals surface area (Å²) in [5, 5.41) is 6.98. The highest BCUT2D eigenvalue weighted by Crippen LogP contribution is 2.31. The van der Waals surface area contributed by atoms with Gasteiger partial charge in [-0.15, -0.1) is 11.3 Å². The molecule has 8 heteroatoms. The summed E-state index contributed by atoms with van der Waals surface area (Å²) in [6.45, 7) is 5.00. The van der Waals surface area contributed by atoms with Gasteiger partial charge in [-0.1, -0.05) is 43.6 Å². The van der Waals surface area contributed by atoms with Gasteiger partial charge in [-0.2, -0.15) is 0 Å². The summed E-state index contributed by atoms with van der Waals surface area (Å²) >= 11 is 7.79. The number of sulfonamides is 1. The maximum absolute atomic E-state index is 12.3. The first-order valence-corrected chi connectivity index (χ1v) is 11.7. The van der Waals surface area contributed by atoms with Gasteiger partial charge in [0.1, 0.15) is 0 Å². The lowest BCUT2D eigenvalue weighted by molar-refractivity contribution is 0.328. The van der Waals surface area contributed by atoms with Crippen LogP contribution in [0.2, 0.25) is 5.02 Å². The number of benzene rings is 1. The lowest BCUT2D eigenvalue weighted by Gasteiger charge is -2.32. The van der Waals surface area contributed by atoms with Crippen molar-refractivity contribution in [3.63, 3.8) is 0 Å². The smallest absolute Gasteiger partial charge is 0.214 e. The molecule has 0 radical (unpaired) electrons. The molecule has 2 aromatic rings. The van der Waals surface area contributed by atoms with Gasteiger partial charge in [0, 0.05) is 35.1 Å². The van der Waals surface area contributed by atoms with Gasteiger partial charge in [-0.3, -0.25) is 0 Å². The molecule has 1 aliphatic rings. The summed E-state index contributed by atoms with van der Waals surface area (Å²) in [6, 6.07) is 7.90. The zero-order valence-electron chi connectivity index (χ0n) is 15.0. The SMILES string of the molecule is CC(C)CS(=O)(=O)N1CCC(Nc2nc(-c3ccccc3Cl)cs2)CC1. The molecule has 5 nitrogen and oxygen atoms in total. The summed E-state index contributed by atoms with van der Waals surface area (Å²) in [5.41, 5.74) is 1.79. The Bertz CT molecular complexity index is 844. The Kier molecular flexibility index (Phi) is 6.22. The normalized spacial score (nSPS) is 16.9. The summed E-state index contributed by atoms with van der Waals surface area (Å²) in [5.74, 6) is 0.369. The van der Waals surface area contributed by atoms with E-state index in [1.807, 2.05) is 43.5 Å². The third-order valence-electron chi connectivity index (χ3n) is 4.37. The third kappa shape index (κ3) is 4.76. The highest BCUT2D eigenvalue weighted by molar-refractivity contribution is 7.89. The number of hydrogen-bond acceptors (Lipinski definition) is 5. The molecule has 2 heterocycles. The number of rotatable bonds is 6. The van der Waals surface area contributed by atoms with Gasteiger partial charge in [0.15, 0.2) is 5.13 Å². The van der Waals surface area contributed by atoms with Crippen LogP contribution in [0.3, 0.4) is 0 Å². The Hall–Kier alpha value is -1.15. The van der Waals surface area contributed by atoms with Crippen molar-refractivity contribution in [2.45, 2.75) is 32.7 Å². The number of hydrogen-bond donors (Lipinski definition) is 1. The molecule has 1 aromatic carbocycles. The van der Waals surface area contributed by atoms with E-state index in [2.05, 4.69) is 10.3 Å². The summed E-state index contributed by atoms with van der Waals surface area (Å²) in [4.78, 5) is 4.63. The van der Waals surface area contributed by atoms with Crippen molar-refractivity contribution in [2.24, 2.45) is 5.92 Å². The molecule has 0 saturated carbocycles. The Balaban J connectivity index is 1.58. The number of piperidine rings is 1. The molecular formula is C18H24ClN3O2S2. The van der Waals surface area contributed by atoms with Crippen molar-refractivity contribution in [1.82, 2.24) is 9.29 Å². The van der Waals surface area contributed by atoms with E-state index >= 15 is 0 Å². The number of halogens is 1. The van der Waals surface area contributed by atoms with E-state index in [-0.39, 0.29) is 17.7 Å². The molecule has 1 N–H and O–H groups in total. The first kappa shape index (κ1) is 19.6. The van der Waals surface area contributed by atoms with E-state index in [1.54, 1.807) is 15.6 Å². The summed E-state index contributed by atoms with van der Waals surface area (Å²) in [6.07, 6.45) is 1.58. The highest BCUT2D eigenvalue weighted by Gasteiger charge is 2.28. The minimum atomic E-state index is -3.14. The molecule has 0 amide bonds. The van der Waals surface area contributed by atoms with E-state index < -0.39 is 10.0 Å². The van der Waals surface area contributed by atoms with Crippen molar-refractivity contribution < 1.29 is 8.42 Å². The molecule has 26 heavy (non-hydrogen) atoms. The number of thiazole rings is 1. The first-order valence-electron chi connectivity index (χ1n) is 8.80. The van der Waals surface area contributed by atoms with Gasteiger partial charge in [0.05, 0.1) is 11.4 Å². The molecule has 0 unspecified atom stereocenters. The predicted octanol–water partition coefficient (Wildman–Crippen LogP) is 4.33. The van der Waals surface area contributed by atoms with Gasteiger partial charge < -0.3 is 5.32 Å². The fourth-order valence-corrected chi connectivity index (χ4v) is 5.95. The van der Waals surface area contributed by atoms with Crippen LogP contribution in [-0.2, 0) is 10.0 Å². The van der Waals surface area contributed by atoms with Crippen LogP contribution < -0.4 is 5.32 Å². The zero-order chi connectivity index (χ0) is 18.7.